The Morgan fingerprint density at radius 1 is 0.921 bits per heavy atom. The minimum Gasteiger partial charge on any atom is -0.393 e. The van der Waals surface area contributed by atoms with Crippen LogP contribution in [-0.4, -0.2) is 43.0 Å². The molecule has 4 heterocycles. The van der Waals surface area contributed by atoms with Crippen molar-refractivity contribution in [1.82, 2.24) is 30.0 Å². The molecule has 1 aliphatic rings. The Balaban J connectivity index is 1.45. The summed E-state index contributed by atoms with van der Waals surface area (Å²) in [6.07, 6.45) is 8.48. The van der Waals surface area contributed by atoms with Crippen molar-refractivity contribution < 1.29 is 9.51 Å². The molecule has 1 aliphatic carbocycles. The highest BCUT2D eigenvalue weighted by Crippen LogP contribution is 2.41. The van der Waals surface area contributed by atoms with Crippen molar-refractivity contribution >= 4 is 16.6 Å². The molecule has 7 rings (SSSR count). The molecule has 4 aromatic heterocycles. The summed E-state index contributed by atoms with van der Waals surface area (Å²) >= 11 is 0. The van der Waals surface area contributed by atoms with Crippen LogP contribution in [0.5, 0.6) is 0 Å². The van der Waals surface area contributed by atoms with Crippen LogP contribution in [0.3, 0.4) is 0 Å². The number of hydrogen-bond acceptors (Lipinski definition) is 6. The number of rotatable bonds is 5. The molecule has 0 unspecified atom stereocenters. The first-order chi connectivity index (χ1) is 18.6. The summed E-state index contributed by atoms with van der Waals surface area (Å²) in [5.74, 6) is 1.19. The Bertz CT molecular complexity index is 1760. The largest absolute Gasteiger partial charge is 0.393 e. The molecule has 8 heteroatoms. The third kappa shape index (κ3) is 3.57. The molecule has 0 saturated heterocycles. The summed E-state index contributed by atoms with van der Waals surface area (Å²) in [5, 5.41) is 19.4. The molecule has 1 saturated carbocycles. The van der Waals surface area contributed by atoms with Gasteiger partial charge in [0.1, 0.15) is 5.69 Å². The third-order valence-corrected chi connectivity index (χ3v) is 7.58. The number of hydrogen-bond donors (Lipinski definition) is 2. The van der Waals surface area contributed by atoms with Gasteiger partial charge in [0, 0.05) is 29.7 Å². The van der Waals surface area contributed by atoms with Gasteiger partial charge in [-0.25, -0.2) is 9.97 Å². The number of aromatic nitrogens is 6. The van der Waals surface area contributed by atoms with Gasteiger partial charge in [0.2, 0.25) is 5.82 Å². The summed E-state index contributed by atoms with van der Waals surface area (Å²) in [4.78, 5) is 13.7. The summed E-state index contributed by atoms with van der Waals surface area (Å²) in [6.45, 7) is 0. The second-order valence-electron chi connectivity index (χ2n) is 9.78. The summed E-state index contributed by atoms with van der Waals surface area (Å²) in [7, 11) is 1.95. The molecule has 0 atom stereocenters. The molecule has 38 heavy (non-hydrogen) atoms. The number of aliphatic hydroxyl groups excluding tert-OH is 1. The molecule has 0 radical (unpaired) electrons. The molecule has 1 fully saturated rings. The van der Waals surface area contributed by atoms with Gasteiger partial charge in [0.25, 0.3) is 5.65 Å². The maximum atomic E-state index is 9.97. The van der Waals surface area contributed by atoms with Gasteiger partial charge in [-0.2, -0.15) is 4.40 Å². The Morgan fingerprint density at radius 3 is 2.39 bits per heavy atom. The Kier molecular flexibility index (Phi) is 5.24. The van der Waals surface area contributed by atoms with Gasteiger partial charge < -0.3 is 10.4 Å². The van der Waals surface area contributed by atoms with Crippen LogP contribution in [0.2, 0.25) is 0 Å². The fourth-order valence-electron chi connectivity index (χ4n) is 5.50. The van der Waals surface area contributed by atoms with Gasteiger partial charge in [0.05, 0.1) is 28.3 Å². The van der Waals surface area contributed by atoms with Crippen LogP contribution in [0.4, 0.5) is 0 Å². The minimum atomic E-state index is -0.264. The van der Waals surface area contributed by atoms with Crippen molar-refractivity contribution in [2.45, 2.75) is 24.5 Å². The highest BCUT2D eigenvalue weighted by atomic mass is 16.3. The van der Waals surface area contributed by atoms with Crippen LogP contribution in [-0.2, 0) is 5.54 Å². The monoisotopic (exact) mass is 500 g/mol. The first-order valence-corrected chi connectivity index (χ1v) is 12.7. The van der Waals surface area contributed by atoms with Crippen molar-refractivity contribution in [2.75, 3.05) is 7.05 Å². The summed E-state index contributed by atoms with van der Waals surface area (Å²) in [5.41, 5.74) is 5.77. The molecule has 0 aliphatic heterocycles. The van der Waals surface area contributed by atoms with E-state index in [1.165, 1.54) is 0 Å². The SMILES string of the molecule is CNC1(c2ccc(-n3nc(-c4ncccn4)[n+]4ccc5ncc(-c6ccccc6)cc5c34)cc2)CC(O)C1. The molecule has 2 aromatic carbocycles. The summed E-state index contributed by atoms with van der Waals surface area (Å²) in [6, 6.07) is 24.6. The fourth-order valence-corrected chi connectivity index (χ4v) is 5.50. The summed E-state index contributed by atoms with van der Waals surface area (Å²) < 4.78 is 3.97. The van der Waals surface area contributed by atoms with Gasteiger partial charge in [-0.05, 0) is 61.3 Å². The second kappa shape index (κ2) is 8.79. The van der Waals surface area contributed by atoms with Gasteiger partial charge in [-0.3, -0.25) is 4.98 Å². The zero-order valence-corrected chi connectivity index (χ0v) is 20.9. The van der Waals surface area contributed by atoms with E-state index in [9.17, 15) is 5.11 Å². The predicted molar refractivity (Wildman–Crippen MR) is 144 cm³/mol. The molecular weight excluding hydrogens is 474 g/mol. The lowest BCUT2D eigenvalue weighted by Crippen LogP contribution is -2.53. The zero-order chi connectivity index (χ0) is 25.7. The Labute approximate surface area is 219 Å². The highest BCUT2D eigenvalue weighted by Gasteiger charge is 2.43. The standard InChI is InChI=1S/C30H26N7O/c1-31-30(17-24(38)18-30)22-8-10-23(11-9-22)37-29-25-16-21(20-6-3-2-4-7-20)19-34-26(25)12-15-36(29)28(35-37)27-32-13-5-14-33-27/h2-16,19,24,31,38H,17-18H2,1H3/q+1. The lowest BCUT2D eigenvalue weighted by molar-refractivity contribution is -0.499. The highest BCUT2D eigenvalue weighted by molar-refractivity contribution is 5.93. The molecule has 2 N–H and O–H groups in total. The van der Waals surface area contributed by atoms with Crippen LogP contribution >= 0.6 is 0 Å². The van der Waals surface area contributed by atoms with Crippen LogP contribution in [0.25, 0.3) is 45.0 Å². The van der Waals surface area contributed by atoms with Crippen molar-refractivity contribution in [3.05, 3.63) is 103 Å². The third-order valence-electron chi connectivity index (χ3n) is 7.58. The van der Waals surface area contributed by atoms with E-state index in [2.05, 4.69) is 57.7 Å². The maximum absolute atomic E-state index is 9.97. The van der Waals surface area contributed by atoms with Crippen LogP contribution in [0, 0.1) is 0 Å². The van der Waals surface area contributed by atoms with Crippen LogP contribution in [0.1, 0.15) is 18.4 Å². The molecule has 8 nitrogen and oxygen atoms in total. The second-order valence-corrected chi connectivity index (χ2v) is 9.78. The average molecular weight is 501 g/mol. The number of benzene rings is 2. The molecular formula is C30H26N7O+. The first-order valence-electron chi connectivity index (χ1n) is 12.7. The van der Waals surface area contributed by atoms with Crippen molar-refractivity contribution in [3.8, 4) is 28.5 Å². The van der Waals surface area contributed by atoms with E-state index < -0.39 is 0 Å². The smallest absolute Gasteiger partial charge is 0.351 e. The van der Waals surface area contributed by atoms with Gasteiger partial charge in [-0.1, -0.05) is 47.1 Å². The van der Waals surface area contributed by atoms with E-state index in [0.29, 0.717) is 24.5 Å². The fraction of sp³-hybridized carbons (Fsp3) is 0.167. The van der Waals surface area contributed by atoms with Gasteiger partial charge in [0.15, 0.2) is 0 Å². The van der Waals surface area contributed by atoms with Crippen molar-refractivity contribution in [3.63, 3.8) is 0 Å². The van der Waals surface area contributed by atoms with Crippen molar-refractivity contribution in [2.24, 2.45) is 0 Å². The first kappa shape index (κ1) is 22.7. The normalized spacial score (nSPS) is 19.1. The minimum absolute atomic E-state index is 0.191. The van der Waals surface area contributed by atoms with E-state index >= 15 is 0 Å². The Hall–Kier alpha value is -4.53. The predicted octanol–water partition coefficient (Wildman–Crippen LogP) is 3.85. The molecule has 0 spiro atoms. The molecule has 186 valence electrons. The average Bonchev–Trinajstić information content (AvgIpc) is 3.36. The number of nitrogens with zero attached hydrogens (tertiary/aromatic N) is 6. The van der Waals surface area contributed by atoms with E-state index in [4.69, 9.17) is 10.1 Å². The maximum Gasteiger partial charge on any atom is 0.351 e. The van der Waals surface area contributed by atoms with Gasteiger partial charge >= 0.3 is 5.82 Å². The lowest BCUT2D eigenvalue weighted by atomic mass is 9.70. The number of aliphatic hydroxyl groups is 1. The number of pyridine rings is 2. The van der Waals surface area contributed by atoms with E-state index in [0.717, 1.165) is 38.9 Å². The van der Waals surface area contributed by atoms with Crippen LogP contribution < -0.4 is 9.72 Å². The number of fused-ring (bicyclic) bond motifs is 3. The van der Waals surface area contributed by atoms with Gasteiger partial charge in [-0.15, -0.1) is 0 Å². The quantitative estimate of drug-likeness (QED) is 0.349. The Morgan fingerprint density at radius 2 is 1.68 bits per heavy atom. The molecule has 0 amide bonds. The van der Waals surface area contributed by atoms with Crippen LogP contribution in [0.15, 0.2) is 97.6 Å². The zero-order valence-electron chi connectivity index (χ0n) is 20.9. The van der Waals surface area contributed by atoms with E-state index in [-0.39, 0.29) is 11.6 Å². The molecule has 0 bridgehead atoms. The number of nitrogens with one attached hydrogen (secondary N) is 1. The van der Waals surface area contributed by atoms with Crippen molar-refractivity contribution in [1.29, 1.82) is 0 Å². The van der Waals surface area contributed by atoms with E-state index in [1.54, 1.807) is 18.5 Å². The topological polar surface area (TPSA) is 92.9 Å². The lowest BCUT2D eigenvalue weighted by Gasteiger charge is -2.45. The van der Waals surface area contributed by atoms with E-state index in [1.807, 2.05) is 52.8 Å². The molecule has 6 aromatic rings.